The molecule has 6 heteroatoms. The highest BCUT2D eigenvalue weighted by Crippen LogP contribution is 2.21. The van der Waals surface area contributed by atoms with Gasteiger partial charge in [-0.1, -0.05) is 0 Å². The zero-order chi connectivity index (χ0) is 14.5. The number of carbonyl (C=O) groups excluding carboxylic acids is 1. The van der Waals surface area contributed by atoms with Gasteiger partial charge in [0.15, 0.2) is 0 Å². The van der Waals surface area contributed by atoms with Gasteiger partial charge in [-0.2, -0.15) is 0 Å². The van der Waals surface area contributed by atoms with E-state index in [2.05, 4.69) is 5.32 Å². The largest absolute Gasteiger partial charge is 0.399 e. The molecule has 1 aromatic rings. The number of ether oxygens (including phenoxy) is 2. The van der Waals surface area contributed by atoms with Crippen LogP contribution >= 0.6 is 0 Å². The fourth-order valence-electron chi connectivity index (χ4n) is 2.08. The minimum atomic E-state index is -0.157. The van der Waals surface area contributed by atoms with Crippen LogP contribution in [0.1, 0.15) is 10.4 Å². The maximum atomic E-state index is 12.3. The molecule has 20 heavy (non-hydrogen) atoms. The molecular weight excluding hydrogens is 258 g/mol. The Morgan fingerprint density at radius 3 is 2.90 bits per heavy atom. The molecule has 0 aliphatic carbocycles. The van der Waals surface area contributed by atoms with Gasteiger partial charge in [0.1, 0.15) is 0 Å². The van der Waals surface area contributed by atoms with Crippen LogP contribution in [0.15, 0.2) is 18.2 Å². The molecule has 1 fully saturated rings. The molecule has 2 rings (SSSR count). The van der Waals surface area contributed by atoms with Gasteiger partial charge in [0.05, 0.1) is 31.5 Å². The van der Waals surface area contributed by atoms with E-state index in [1.54, 1.807) is 12.1 Å². The summed E-state index contributed by atoms with van der Waals surface area (Å²) in [5, 5.41) is 2.86. The Morgan fingerprint density at radius 1 is 1.45 bits per heavy atom. The van der Waals surface area contributed by atoms with E-state index in [0.29, 0.717) is 37.6 Å². The lowest BCUT2D eigenvalue weighted by atomic mass is 10.1. The van der Waals surface area contributed by atoms with Crippen molar-refractivity contribution in [1.29, 1.82) is 0 Å². The molecule has 1 saturated heterocycles. The van der Waals surface area contributed by atoms with Crippen LogP contribution in [0.3, 0.4) is 0 Å². The van der Waals surface area contributed by atoms with Crippen molar-refractivity contribution in [1.82, 2.24) is 5.32 Å². The molecule has 1 aromatic carbocycles. The quantitative estimate of drug-likeness (QED) is 0.784. The predicted octanol–water partition coefficient (Wildman–Crippen LogP) is 0.480. The van der Waals surface area contributed by atoms with Crippen LogP contribution in [0.25, 0.3) is 0 Å². The van der Waals surface area contributed by atoms with E-state index in [4.69, 9.17) is 15.2 Å². The Kier molecular flexibility index (Phi) is 4.81. The van der Waals surface area contributed by atoms with E-state index in [9.17, 15) is 4.79 Å². The minimum Gasteiger partial charge on any atom is -0.399 e. The molecule has 1 aliphatic heterocycles. The van der Waals surface area contributed by atoms with Crippen molar-refractivity contribution >= 4 is 17.3 Å². The zero-order valence-electron chi connectivity index (χ0n) is 11.9. The molecular formula is C14H21N3O3. The molecule has 0 aromatic heterocycles. The first-order valence-electron chi connectivity index (χ1n) is 6.62. The molecule has 0 saturated carbocycles. The number of hydrogen-bond donors (Lipinski definition) is 2. The number of carbonyl (C=O) groups is 1. The number of nitrogens with zero attached hydrogens (tertiary/aromatic N) is 1. The van der Waals surface area contributed by atoms with Crippen molar-refractivity contribution in [3.63, 3.8) is 0 Å². The van der Waals surface area contributed by atoms with E-state index < -0.39 is 0 Å². The highest BCUT2D eigenvalue weighted by atomic mass is 16.6. The lowest BCUT2D eigenvalue weighted by Gasteiger charge is -2.23. The first-order chi connectivity index (χ1) is 9.58. The third-order valence-electron chi connectivity index (χ3n) is 3.12. The average molecular weight is 279 g/mol. The van der Waals surface area contributed by atoms with Gasteiger partial charge in [0.25, 0.3) is 5.91 Å². The maximum absolute atomic E-state index is 12.3. The van der Waals surface area contributed by atoms with Crippen LogP contribution in [-0.2, 0) is 9.47 Å². The SMILES string of the molecule is CN(C)c1ccc(N)cc1C(=O)NCC1COCCO1. The number of rotatable bonds is 4. The molecule has 0 bridgehead atoms. The lowest BCUT2D eigenvalue weighted by molar-refractivity contribution is -0.0855. The molecule has 1 amide bonds. The summed E-state index contributed by atoms with van der Waals surface area (Å²) >= 11 is 0. The van der Waals surface area contributed by atoms with Crippen molar-refractivity contribution in [2.45, 2.75) is 6.10 Å². The number of nitrogens with one attached hydrogen (secondary N) is 1. The molecule has 1 heterocycles. The Bertz CT molecular complexity index is 471. The Hall–Kier alpha value is -1.79. The second-order valence-corrected chi connectivity index (χ2v) is 4.95. The van der Waals surface area contributed by atoms with Gasteiger partial charge < -0.3 is 25.4 Å². The number of anilines is 2. The third-order valence-corrected chi connectivity index (χ3v) is 3.12. The van der Waals surface area contributed by atoms with Crippen molar-refractivity contribution in [2.24, 2.45) is 0 Å². The third kappa shape index (κ3) is 3.61. The Balaban J connectivity index is 2.02. The molecule has 0 spiro atoms. The molecule has 1 atom stereocenters. The summed E-state index contributed by atoms with van der Waals surface area (Å²) in [5.41, 5.74) is 7.72. The Morgan fingerprint density at radius 2 is 2.25 bits per heavy atom. The summed E-state index contributed by atoms with van der Waals surface area (Å²) < 4.78 is 10.8. The van der Waals surface area contributed by atoms with Crippen LogP contribution in [0, 0.1) is 0 Å². The average Bonchev–Trinajstić information content (AvgIpc) is 2.45. The van der Waals surface area contributed by atoms with Gasteiger partial charge in [-0.3, -0.25) is 4.79 Å². The predicted molar refractivity (Wildman–Crippen MR) is 78.1 cm³/mol. The topological polar surface area (TPSA) is 76.8 Å². The maximum Gasteiger partial charge on any atom is 0.253 e. The highest BCUT2D eigenvalue weighted by Gasteiger charge is 2.18. The van der Waals surface area contributed by atoms with Crippen LogP contribution in [0.5, 0.6) is 0 Å². The fraction of sp³-hybridized carbons (Fsp3) is 0.500. The van der Waals surface area contributed by atoms with Crippen molar-refractivity contribution in [3.8, 4) is 0 Å². The van der Waals surface area contributed by atoms with Crippen molar-refractivity contribution in [2.75, 3.05) is 51.1 Å². The second kappa shape index (κ2) is 6.58. The summed E-state index contributed by atoms with van der Waals surface area (Å²) in [6.07, 6.45) is -0.0865. The highest BCUT2D eigenvalue weighted by molar-refractivity contribution is 6.00. The van der Waals surface area contributed by atoms with Gasteiger partial charge in [0, 0.05) is 32.0 Å². The number of benzene rings is 1. The van der Waals surface area contributed by atoms with Gasteiger partial charge in [0.2, 0.25) is 0 Å². The summed E-state index contributed by atoms with van der Waals surface area (Å²) in [6, 6.07) is 5.30. The van der Waals surface area contributed by atoms with E-state index in [1.165, 1.54) is 0 Å². The number of hydrogen-bond acceptors (Lipinski definition) is 5. The fourth-order valence-corrected chi connectivity index (χ4v) is 2.08. The van der Waals surface area contributed by atoms with E-state index in [0.717, 1.165) is 5.69 Å². The lowest BCUT2D eigenvalue weighted by Crippen LogP contribution is -2.40. The summed E-state index contributed by atoms with van der Waals surface area (Å²) in [4.78, 5) is 14.2. The summed E-state index contributed by atoms with van der Waals surface area (Å²) in [5.74, 6) is -0.157. The molecule has 1 unspecified atom stereocenters. The number of nitrogen functional groups attached to an aromatic ring is 1. The standard InChI is InChI=1S/C14H21N3O3/c1-17(2)13-4-3-10(15)7-12(13)14(18)16-8-11-9-19-5-6-20-11/h3-4,7,11H,5-6,8-9,15H2,1-2H3,(H,16,18). The van der Waals surface area contributed by atoms with Crippen LogP contribution in [0.4, 0.5) is 11.4 Å². The second-order valence-electron chi connectivity index (χ2n) is 4.95. The minimum absolute atomic E-state index is 0.0865. The monoisotopic (exact) mass is 279 g/mol. The number of amides is 1. The van der Waals surface area contributed by atoms with Gasteiger partial charge in [-0.05, 0) is 18.2 Å². The molecule has 1 aliphatic rings. The van der Waals surface area contributed by atoms with Crippen LogP contribution in [0.2, 0.25) is 0 Å². The molecule has 0 radical (unpaired) electrons. The first-order valence-corrected chi connectivity index (χ1v) is 6.62. The van der Waals surface area contributed by atoms with Gasteiger partial charge in [-0.25, -0.2) is 0 Å². The van der Waals surface area contributed by atoms with E-state index in [1.807, 2.05) is 25.1 Å². The summed E-state index contributed by atoms with van der Waals surface area (Å²) in [7, 11) is 3.78. The van der Waals surface area contributed by atoms with E-state index >= 15 is 0 Å². The molecule has 6 nitrogen and oxygen atoms in total. The van der Waals surface area contributed by atoms with Crippen molar-refractivity contribution < 1.29 is 14.3 Å². The van der Waals surface area contributed by atoms with Gasteiger partial charge >= 0.3 is 0 Å². The molecule has 3 N–H and O–H groups in total. The van der Waals surface area contributed by atoms with Gasteiger partial charge in [-0.15, -0.1) is 0 Å². The zero-order valence-corrected chi connectivity index (χ0v) is 11.9. The van der Waals surface area contributed by atoms with Crippen LogP contribution in [-0.4, -0.2) is 52.5 Å². The smallest absolute Gasteiger partial charge is 0.253 e. The first kappa shape index (κ1) is 14.6. The van der Waals surface area contributed by atoms with Crippen molar-refractivity contribution in [3.05, 3.63) is 23.8 Å². The summed E-state index contributed by atoms with van der Waals surface area (Å²) in [6.45, 7) is 2.13. The number of nitrogens with two attached hydrogens (primary N) is 1. The normalized spacial score (nSPS) is 18.6. The Labute approximate surface area is 118 Å². The van der Waals surface area contributed by atoms with Crippen LogP contribution < -0.4 is 16.0 Å². The van der Waals surface area contributed by atoms with E-state index in [-0.39, 0.29) is 12.0 Å². The molecule has 110 valence electrons.